The van der Waals surface area contributed by atoms with Gasteiger partial charge in [-0.1, -0.05) is 34.1 Å². The van der Waals surface area contributed by atoms with E-state index in [9.17, 15) is 0 Å². The van der Waals surface area contributed by atoms with Crippen LogP contribution in [0.4, 0.5) is 5.69 Å². The summed E-state index contributed by atoms with van der Waals surface area (Å²) in [5.74, 6) is 0.813. The smallest absolute Gasteiger partial charge is 0.119 e. The molecule has 0 bridgehead atoms. The van der Waals surface area contributed by atoms with Crippen molar-refractivity contribution < 1.29 is 9.47 Å². The highest BCUT2D eigenvalue weighted by molar-refractivity contribution is 9.10. The fourth-order valence-electron chi connectivity index (χ4n) is 2.59. The molecule has 1 aromatic heterocycles. The summed E-state index contributed by atoms with van der Waals surface area (Å²) in [5.41, 5.74) is 4.02. The first kappa shape index (κ1) is 16.7. The van der Waals surface area contributed by atoms with Crippen molar-refractivity contribution in [2.75, 3.05) is 19.5 Å². The van der Waals surface area contributed by atoms with Crippen molar-refractivity contribution in [3.63, 3.8) is 0 Å². The highest BCUT2D eigenvalue weighted by atomic mass is 79.9. The number of nitrogens with zero attached hydrogens (tertiary/aromatic N) is 1. The SMILES string of the molecule is COCc1cc(NCc2ccccc2Br)c2cc(OC)ccc2n1. The van der Waals surface area contributed by atoms with E-state index in [1.807, 2.05) is 42.5 Å². The summed E-state index contributed by atoms with van der Waals surface area (Å²) >= 11 is 3.59. The molecule has 0 amide bonds. The van der Waals surface area contributed by atoms with Crippen molar-refractivity contribution in [2.45, 2.75) is 13.2 Å². The second kappa shape index (κ2) is 7.64. The van der Waals surface area contributed by atoms with Crippen LogP contribution in [0, 0.1) is 0 Å². The molecule has 0 spiro atoms. The number of rotatable bonds is 6. The second-order valence-electron chi connectivity index (χ2n) is 5.42. The molecule has 4 nitrogen and oxygen atoms in total. The van der Waals surface area contributed by atoms with Crippen LogP contribution < -0.4 is 10.1 Å². The number of anilines is 1. The van der Waals surface area contributed by atoms with Crippen LogP contribution in [0.5, 0.6) is 5.75 Å². The normalized spacial score (nSPS) is 10.8. The maximum atomic E-state index is 5.35. The highest BCUT2D eigenvalue weighted by Gasteiger charge is 2.08. The fraction of sp³-hybridized carbons (Fsp3) is 0.211. The van der Waals surface area contributed by atoms with Crippen molar-refractivity contribution in [3.05, 3.63) is 64.3 Å². The average molecular weight is 387 g/mol. The molecule has 0 radical (unpaired) electrons. The van der Waals surface area contributed by atoms with Crippen molar-refractivity contribution in [3.8, 4) is 5.75 Å². The van der Waals surface area contributed by atoms with Gasteiger partial charge in [0.05, 0.1) is 24.9 Å². The largest absolute Gasteiger partial charge is 0.497 e. The Morgan fingerprint density at radius 1 is 1.08 bits per heavy atom. The van der Waals surface area contributed by atoms with Crippen molar-refractivity contribution >= 4 is 32.5 Å². The first-order valence-corrected chi connectivity index (χ1v) is 8.44. The predicted molar refractivity (Wildman–Crippen MR) is 100 cm³/mol. The van der Waals surface area contributed by atoms with Gasteiger partial charge in [0.15, 0.2) is 0 Å². The first-order valence-electron chi connectivity index (χ1n) is 7.65. The standard InChI is InChI=1S/C19H19BrN2O2/c1-23-12-14-9-19(21-11-13-5-3-4-6-17(13)20)16-10-15(24-2)7-8-18(16)22-14/h3-10H,11-12H2,1-2H3,(H,21,22). The van der Waals surface area contributed by atoms with E-state index in [0.717, 1.165) is 32.5 Å². The lowest BCUT2D eigenvalue weighted by molar-refractivity contribution is 0.182. The van der Waals surface area contributed by atoms with Gasteiger partial charge in [-0.05, 0) is 35.9 Å². The molecule has 0 unspecified atom stereocenters. The van der Waals surface area contributed by atoms with E-state index in [-0.39, 0.29) is 0 Å². The Labute approximate surface area is 149 Å². The van der Waals surface area contributed by atoms with Gasteiger partial charge in [-0.2, -0.15) is 0 Å². The molecular weight excluding hydrogens is 368 g/mol. The van der Waals surface area contributed by atoms with Crippen LogP contribution in [0.25, 0.3) is 10.9 Å². The third kappa shape index (κ3) is 3.68. The van der Waals surface area contributed by atoms with E-state index in [4.69, 9.17) is 9.47 Å². The summed E-state index contributed by atoms with van der Waals surface area (Å²) in [6.07, 6.45) is 0. The Bertz CT molecular complexity index is 852. The van der Waals surface area contributed by atoms with Crippen LogP contribution in [0.1, 0.15) is 11.3 Å². The summed E-state index contributed by atoms with van der Waals surface area (Å²) in [7, 11) is 3.34. The van der Waals surface area contributed by atoms with Gasteiger partial charge < -0.3 is 14.8 Å². The second-order valence-corrected chi connectivity index (χ2v) is 6.28. The van der Waals surface area contributed by atoms with Gasteiger partial charge in [0.1, 0.15) is 5.75 Å². The minimum atomic E-state index is 0.478. The quantitative estimate of drug-likeness (QED) is 0.662. The Kier molecular flexibility index (Phi) is 5.33. The Morgan fingerprint density at radius 2 is 1.92 bits per heavy atom. The van der Waals surface area contributed by atoms with Gasteiger partial charge in [-0.25, -0.2) is 0 Å². The number of benzene rings is 2. The van der Waals surface area contributed by atoms with Crippen molar-refractivity contribution in [2.24, 2.45) is 0 Å². The number of methoxy groups -OCH3 is 2. The monoisotopic (exact) mass is 386 g/mol. The number of fused-ring (bicyclic) bond motifs is 1. The topological polar surface area (TPSA) is 43.4 Å². The van der Waals surface area contributed by atoms with Gasteiger partial charge in [-0.15, -0.1) is 0 Å². The lowest BCUT2D eigenvalue weighted by atomic mass is 10.1. The maximum absolute atomic E-state index is 5.35. The summed E-state index contributed by atoms with van der Waals surface area (Å²) in [6, 6.07) is 16.1. The van der Waals surface area contributed by atoms with Gasteiger partial charge in [0.25, 0.3) is 0 Å². The number of nitrogens with one attached hydrogen (secondary N) is 1. The van der Waals surface area contributed by atoms with E-state index in [0.29, 0.717) is 13.2 Å². The third-order valence-corrected chi connectivity index (χ3v) is 4.56. The molecule has 0 aliphatic rings. The molecule has 5 heteroatoms. The van der Waals surface area contributed by atoms with Crippen LogP contribution in [0.2, 0.25) is 0 Å². The number of hydrogen-bond acceptors (Lipinski definition) is 4. The maximum Gasteiger partial charge on any atom is 0.119 e. The zero-order valence-corrected chi connectivity index (χ0v) is 15.3. The van der Waals surface area contributed by atoms with Gasteiger partial charge in [0.2, 0.25) is 0 Å². The average Bonchev–Trinajstić information content (AvgIpc) is 2.60. The molecule has 124 valence electrons. The summed E-state index contributed by atoms with van der Waals surface area (Å²) < 4.78 is 11.7. The lowest BCUT2D eigenvalue weighted by Gasteiger charge is -2.13. The van der Waals surface area contributed by atoms with Crippen LogP contribution in [-0.2, 0) is 17.9 Å². The molecule has 0 aliphatic heterocycles. The van der Waals surface area contributed by atoms with Crippen LogP contribution in [-0.4, -0.2) is 19.2 Å². The third-order valence-electron chi connectivity index (χ3n) is 3.79. The molecule has 3 aromatic rings. The summed E-state index contributed by atoms with van der Waals surface area (Å²) in [4.78, 5) is 4.64. The van der Waals surface area contributed by atoms with E-state index in [1.165, 1.54) is 5.56 Å². The van der Waals surface area contributed by atoms with E-state index in [1.54, 1.807) is 14.2 Å². The van der Waals surface area contributed by atoms with Gasteiger partial charge in [0, 0.05) is 29.2 Å². The first-order chi connectivity index (χ1) is 11.7. The van der Waals surface area contributed by atoms with E-state index < -0.39 is 0 Å². The summed E-state index contributed by atoms with van der Waals surface area (Å²) in [6.45, 7) is 1.19. The zero-order chi connectivity index (χ0) is 16.9. The molecule has 0 saturated heterocycles. The molecule has 0 saturated carbocycles. The highest BCUT2D eigenvalue weighted by Crippen LogP contribution is 2.28. The minimum Gasteiger partial charge on any atom is -0.497 e. The van der Waals surface area contributed by atoms with Crippen molar-refractivity contribution in [1.29, 1.82) is 0 Å². The number of halogens is 1. The van der Waals surface area contributed by atoms with E-state index >= 15 is 0 Å². The van der Waals surface area contributed by atoms with E-state index in [2.05, 4.69) is 32.3 Å². The number of pyridine rings is 1. The molecule has 0 atom stereocenters. The molecule has 2 aromatic carbocycles. The molecular formula is C19H19BrN2O2. The number of ether oxygens (including phenoxy) is 2. The van der Waals surface area contributed by atoms with Gasteiger partial charge >= 0.3 is 0 Å². The molecule has 3 rings (SSSR count). The van der Waals surface area contributed by atoms with Gasteiger partial charge in [-0.3, -0.25) is 4.98 Å². The predicted octanol–water partition coefficient (Wildman–Crippen LogP) is 4.76. The lowest BCUT2D eigenvalue weighted by Crippen LogP contribution is -2.03. The minimum absolute atomic E-state index is 0.478. The van der Waals surface area contributed by atoms with Crippen molar-refractivity contribution in [1.82, 2.24) is 4.98 Å². The number of hydrogen-bond donors (Lipinski definition) is 1. The van der Waals surface area contributed by atoms with Crippen LogP contribution in [0.3, 0.4) is 0 Å². The van der Waals surface area contributed by atoms with Crippen LogP contribution in [0.15, 0.2) is 53.0 Å². The Balaban J connectivity index is 1.98. The fourth-order valence-corrected chi connectivity index (χ4v) is 3.01. The molecule has 1 heterocycles. The molecule has 0 fully saturated rings. The zero-order valence-electron chi connectivity index (χ0n) is 13.7. The molecule has 1 N–H and O–H groups in total. The summed E-state index contributed by atoms with van der Waals surface area (Å²) in [5, 5.41) is 4.54. The Morgan fingerprint density at radius 3 is 2.67 bits per heavy atom. The molecule has 24 heavy (non-hydrogen) atoms. The Hall–Kier alpha value is -2.11. The number of aromatic nitrogens is 1. The van der Waals surface area contributed by atoms with Crippen LogP contribution >= 0.6 is 15.9 Å². The molecule has 0 aliphatic carbocycles.